The zero-order chi connectivity index (χ0) is 15.5. The van der Waals surface area contributed by atoms with Gasteiger partial charge in [-0.05, 0) is 37.4 Å². The van der Waals surface area contributed by atoms with Gasteiger partial charge in [0.2, 0.25) is 0 Å². The summed E-state index contributed by atoms with van der Waals surface area (Å²) in [6.45, 7) is 1.54. The highest BCUT2D eigenvalue weighted by molar-refractivity contribution is 7.97. The Bertz CT molecular complexity index is 779. The Morgan fingerprint density at radius 2 is 2.14 bits per heavy atom. The molecule has 6 heteroatoms. The summed E-state index contributed by atoms with van der Waals surface area (Å²) in [5, 5.41) is 5.55. The van der Waals surface area contributed by atoms with Crippen LogP contribution >= 0.6 is 11.8 Å². The number of rotatable bonds is 5. The fraction of sp³-hybridized carbons (Fsp3) is 0.312. The van der Waals surface area contributed by atoms with E-state index in [1.165, 1.54) is 6.92 Å². The van der Waals surface area contributed by atoms with Crippen LogP contribution in [0, 0.1) is 0 Å². The van der Waals surface area contributed by atoms with Gasteiger partial charge in [0.15, 0.2) is 5.82 Å². The lowest BCUT2D eigenvalue weighted by molar-refractivity contribution is 0.352. The molecule has 3 rings (SSSR count). The SMILES string of the molecule is CSCc1nc(C[C@H](C)F)n(-c2cccc3ncccc23)n1. The van der Waals surface area contributed by atoms with Gasteiger partial charge in [-0.15, -0.1) is 0 Å². The second-order valence-electron chi connectivity index (χ2n) is 5.12. The lowest BCUT2D eigenvalue weighted by Crippen LogP contribution is -2.08. The smallest absolute Gasteiger partial charge is 0.161 e. The Balaban J connectivity index is 2.16. The van der Waals surface area contributed by atoms with Gasteiger partial charge in [0.25, 0.3) is 0 Å². The van der Waals surface area contributed by atoms with Gasteiger partial charge in [-0.1, -0.05) is 6.07 Å². The molecule has 0 saturated heterocycles. The molecule has 22 heavy (non-hydrogen) atoms. The van der Waals surface area contributed by atoms with Crippen LogP contribution in [0.15, 0.2) is 36.5 Å². The Morgan fingerprint density at radius 1 is 1.27 bits per heavy atom. The van der Waals surface area contributed by atoms with Crippen molar-refractivity contribution in [1.82, 2.24) is 19.7 Å². The molecule has 2 aromatic heterocycles. The van der Waals surface area contributed by atoms with E-state index >= 15 is 0 Å². The second-order valence-corrected chi connectivity index (χ2v) is 5.99. The average molecular weight is 316 g/mol. The summed E-state index contributed by atoms with van der Waals surface area (Å²) >= 11 is 1.65. The molecule has 0 aliphatic rings. The number of hydrogen-bond acceptors (Lipinski definition) is 4. The molecular weight excluding hydrogens is 299 g/mol. The van der Waals surface area contributed by atoms with Gasteiger partial charge in [-0.3, -0.25) is 4.98 Å². The van der Waals surface area contributed by atoms with Crippen molar-refractivity contribution in [3.8, 4) is 5.69 Å². The molecule has 0 spiro atoms. The summed E-state index contributed by atoms with van der Waals surface area (Å²) in [4.78, 5) is 8.86. The number of nitrogens with zero attached hydrogens (tertiary/aromatic N) is 4. The molecular formula is C16H17FN4S. The molecule has 0 N–H and O–H groups in total. The van der Waals surface area contributed by atoms with Crippen LogP contribution in [0.4, 0.5) is 4.39 Å². The number of thioether (sulfide) groups is 1. The molecule has 0 radical (unpaired) electrons. The molecule has 2 heterocycles. The number of fused-ring (bicyclic) bond motifs is 1. The minimum atomic E-state index is -0.960. The van der Waals surface area contributed by atoms with E-state index in [1.54, 1.807) is 22.6 Å². The monoisotopic (exact) mass is 316 g/mol. The molecule has 3 aromatic rings. The minimum Gasteiger partial charge on any atom is -0.256 e. The molecule has 114 valence electrons. The van der Waals surface area contributed by atoms with Crippen LogP contribution in [0.2, 0.25) is 0 Å². The molecule has 0 aliphatic carbocycles. The van der Waals surface area contributed by atoms with E-state index < -0.39 is 6.17 Å². The lowest BCUT2D eigenvalue weighted by Gasteiger charge is -2.09. The van der Waals surface area contributed by atoms with Crippen molar-refractivity contribution in [2.24, 2.45) is 0 Å². The van der Waals surface area contributed by atoms with Crippen LogP contribution in [0.3, 0.4) is 0 Å². The van der Waals surface area contributed by atoms with Crippen molar-refractivity contribution in [1.29, 1.82) is 0 Å². The summed E-state index contributed by atoms with van der Waals surface area (Å²) < 4.78 is 15.2. The lowest BCUT2D eigenvalue weighted by atomic mass is 10.2. The van der Waals surface area contributed by atoms with Gasteiger partial charge >= 0.3 is 0 Å². The first-order chi connectivity index (χ1) is 10.7. The molecule has 0 fully saturated rings. The minimum absolute atomic E-state index is 0.248. The number of alkyl halides is 1. The van der Waals surface area contributed by atoms with Crippen molar-refractivity contribution >= 4 is 22.7 Å². The maximum absolute atomic E-state index is 13.5. The molecule has 0 aliphatic heterocycles. The van der Waals surface area contributed by atoms with E-state index in [0.717, 1.165) is 22.4 Å². The predicted octanol–water partition coefficient (Wildman–Crippen LogP) is 3.58. The first kappa shape index (κ1) is 15.0. The fourth-order valence-corrected chi connectivity index (χ4v) is 2.81. The normalized spacial score (nSPS) is 12.7. The van der Waals surface area contributed by atoms with Gasteiger partial charge in [-0.25, -0.2) is 14.1 Å². The van der Waals surface area contributed by atoms with Gasteiger partial charge in [-0.2, -0.15) is 16.9 Å². The standard InChI is InChI=1S/C16H17FN4S/c1-11(17)9-16-19-15(10-22-2)20-21(16)14-7-3-6-13-12(14)5-4-8-18-13/h3-8,11H,9-10H2,1-2H3/t11-/m0/s1. The summed E-state index contributed by atoms with van der Waals surface area (Å²) in [6.07, 6.45) is 3.05. The number of hydrogen-bond donors (Lipinski definition) is 0. The number of pyridine rings is 1. The van der Waals surface area contributed by atoms with E-state index in [2.05, 4.69) is 15.1 Å². The first-order valence-corrected chi connectivity index (χ1v) is 8.50. The van der Waals surface area contributed by atoms with Crippen molar-refractivity contribution in [3.63, 3.8) is 0 Å². The van der Waals surface area contributed by atoms with E-state index in [0.29, 0.717) is 11.6 Å². The third-order valence-electron chi connectivity index (χ3n) is 3.31. The van der Waals surface area contributed by atoms with Gasteiger partial charge in [0.1, 0.15) is 12.0 Å². The highest BCUT2D eigenvalue weighted by Crippen LogP contribution is 2.22. The Hall–Kier alpha value is -1.95. The Kier molecular flexibility index (Phi) is 4.38. The molecule has 0 unspecified atom stereocenters. The van der Waals surface area contributed by atoms with Crippen LogP contribution in [0.1, 0.15) is 18.6 Å². The highest BCUT2D eigenvalue weighted by Gasteiger charge is 2.15. The van der Waals surface area contributed by atoms with E-state index in [-0.39, 0.29) is 6.42 Å². The zero-order valence-corrected chi connectivity index (χ0v) is 13.3. The van der Waals surface area contributed by atoms with Crippen LogP contribution in [0.25, 0.3) is 16.6 Å². The van der Waals surface area contributed by atoms with Crippen LogP contribution in [-0.2, 0) is 12.2 Å². The summed E-state index contributed by atoms with van der Waals surface area (Å²) in [6, 6.07) is 9.74. The molecule has 1 atom stereocenters. The predicted molar refractivity (Wildman–Crippen MR) is 88.2 cm³/mol. The van der Waals surface area contributed by atoms with Crippen molar-refractivity contribution < 1.29 is 4.39 Å². The Labute approximate surface area is 132 Å². The molecule has 4 nitrogen and oxygen atoms in total. The molecule has 0 bridgehead atoms. The van der Waals surface area contributed by atoms with Crippen LogP contribution in [0.5, 0.6) is 0 Å². The van der Waals surface area contributed by atoms with E-state index in [4.69, 9.17) is 0 Å². The first-order valence-electron chi connectivity index (χ1n) is 7.11. The summed E-state index contributed by atoms with van der Waals surface area (Å²) in [7, 11) is 0. The average Bonchev–Trinajstić information content (AvgIpc) is 2.88. The van der Waals surface area contributed by atoms with Crippen molar-refractivity contribution in [2.45, 2.75) is 25.3 Å². The molecule has 1 aromatic carbocycles. The van der Waals surface area contributed by atoms with Crippen molar-refractivity contribution in [3.05, 3.63) is 48.2 Å². The topological polar surface area (TPSA) is 43.6 Å². The van der Waals surface area contributed by atoms with E-state index in [9.17, 15) is 4.39 Å². The van der Waals surface area contributed by atoms with Crippen molar-refractivity contribution in [2.75, 3.05) is 6.26 Å². The summed E-state index contributed by atoms with van der Waals surface area (Å²) in [5.74, 6) is 2.09. The fourth-order valence-electron chi connectivity index (χ4n) is 2.43. The number of aromatic nitrogens is 4. The quantitative estimate of drug-likeness (QED) is 0.721. The zero-order valence-electron chi connectivity index (χ0n) is 12.5. The second kappa shape index (κ2) is 6.44. The molecule has 0 saturated carbocycles. The molecule has 0 amide bonds. The third-order valence-corrected chi connectivity index (χ3v) is 3.85. The van der Waals surface area contributed by atoms with Gasteiger partial charge < -0.3 is 0 Å². The summed E-state index contributed by atoms with van der Waals surface area (Å²) in [5.41, 5.74) is 1.78. The highest BCUT2D eigenvalue weighted by atomic mass is 32.2. The van der Waals surface area contributed by atoms with Crippen LogP contribution in [-0.4, -0.2) is 32.2 Å². The van der Waals surface area contributed by atoms with Gasteiger partial charge in [0.05, 0.1) is 17.0 Å². The van der Waals surface area contributed by atoms with Crippen LogP contribution < -0.4 is 0 Å². The maximum Gasteiger partial charge on any atom is 0.161 e. The third kappa shape index (κ3) is 2.97. The van der Waals surface area contributed by atoms with E-state index in [1.807, 2.05) is 36.6 Å². The largest absolute Gasteiger partial charge is 0.256 e. The van der Waals surface area contributed by atoms with Gasteiger partial charge in [0, 0.05) is 18.0 Å². The maximum atomic E-state index is 13.5. The number of halogens is 1. The number of benzene rings is 1. The Morgan fingerprint density at radius 3 is 2.91 bits per heavy atom.